The summed E-state index contributed by atoms with van der Waals surface area (Å²) >= 11 is 1.52. The quantitative estimate of drug-likeness (QED) is 0.568. The summed E-state index contributed by atoms with van der Waals surface area (Å²) in [4.78, 5) is 22.0. The van der Waals surface area contributed by atoms with E-state index in [2.05, 4.69) is 45.1 Å². The maximum atomic E-state index is 14.0. The van der Waals surface area contributed by atoms with Crippen LogP contribution < -0.4 is 4.90 Å². The lowest BCUT2D eigenvalue weighted by Crippen LogP contribution is -2.47. The molecule has 0 saturated carbocycles. The number of para-hydroxylation sites is 1. The van der Waals surface area contributed by atoms with Crippen LogP contribution in [0.3, 0.4) is 0 Å². The zero-order valence-electron chi connectivity index (χ0n) is 17.7. The predicted octanol–water partition coefficient (Wildman–Crippen LogP) is 5.13. The van der Waals surface area contributed by atoms with Crippen LogP contribution in [0.15, 0.2) is 48.5 Å². The van der Waals surface area contributed by atoms with E-state index in [9.17, 15) is 9.18 Å². The highest BCUT2D eigenvalue weighted by molar-refractivity contribution is 7.22. The number of halogens is 1. The van der Waals surface area contributed by atoms with E-state index in [1.807, 2.05) is 6.07 Å². The lowest BCUT2D eigenvalue weighted by molar-refractivity contribution is -0.137. The summed E-state index contributed by atoms with van der Waals surface area (Å²) < 4.78 is 14.9. The van der Waals surface area contributed by atoms with Gasteiger partial charge in [-0.3, -0.25) is 4.79 Å². The van der Waals surface area contributed by atoms with Crippen LogP contribution >= 0.6 is 11.3 Å². The first kappa shape index (κ1) is 20.4. The Bertz CT molecular complexity index is 1050. The topological polar surface area (TPSA) is 36.4 Å². The summed E-state index contributed by atoms with van der Waals surface area (Å²) in [5.41, 5.74) is 1.83. The van der Waals surface area contributed by atoms with E-state index in [-0.39, 0.29) is 17.6 Å². The Kier molecular flexibility index (Phi) is 5.90. The van der Waals surface area contributed by atoms with E-state index in [1.165, 1.54) is 23.0 Å². The maximum absolute atomic E-state index is 14.0. The highest BCUT2D eigenvalue weighted by Gasteiger charge is 2.32. The molecule has 2 aliphatic rings. The Morgan fingerprint density at radius 3 is 2.61 bits per heavy atom. The Labute approximate surface area is 186 Å². The van der Waals surface area contributed by atoms with E-state index in [4.69, 9.17) is 0 Å². The smallest absolute Gasteiger partial charge is 0.227 e. The van der Waals surface area contributed by atoms with Gasteiger partial charge in [0.15, 0.2) is 5.13 Å². The van der Waals surface area contributed by atoms with Crippen LogP contribution in [0.5, 0.6) is 0 Å². The predicted molar refractivity (Wildman–Crippen MR) is 124 cm³/mol. The number of anilines is 1. The number of benzene rings is 2. The van der Waals surface area contributed by atoms with Crippen molar-refractivity contribution in [2.75, 3.05) is 31.1 Å². The first-order valence-corrected chi connectivity index (χ1v) is 12.1. The number of amides is 1. The summed E-state index contributed by atoms with van der Waals surface area (Å²) in [5, 5.41) is 0.833. The molecule has 2 fully saturated rings. The van der Waals surface area contributed by atoms with Gasteiger partial charge < -0.3 is 9.80 Å². The summed E-state index contributed by atoms with van der Waals surface area (Å²) in [6.07, 6.45) is 5.16. The summed E-state index contributed by atoms with van der Waals surface area (Å²) in [5.74, 6) is 0.682. The molecule has 3 heterocycles. The standard InChI is InChI=1S/C25H28FN3OS/c26-21-9-4-10-22-23(21)27-25(31-22)29-13-5-8-20(17-29)24(30)28-14-11-19(12-15-28)16-18-6-2-1-3-7-18/h1-4,6-7,9-10,19-20H,5,8,11-17H2. The second kappa shape index (κ2) is 8.95. The Morgan fingerprint density at radius 1 is 1.03 bits per heavy atom. The number of nitrogens with zero attached hydrogens (tertiary/aromatic N) is 3. The third kappa shape index (κ3) is 4.45. The molecule has 0 aliphatic carbocycles. The molecule has 1 atom stereocenters. The monoisotopic (exact) mass is 437 g/mol. The molecule has 0 radical (unpaired) electrons. The van der Waals surface area contributed by atoms with E-state index in [0.717, 1.165) is 61.6 Å². The van der Waals surface area contributed by atoms with Gasteiger partial charge >= 0.3 is 0 Å². The zero-order chi connectivity index (χ0) is 21.2. The van der Waals surface area contributed by atoms with Gasteiger partial charge in [-0.05, 0) is 55.7 Å². The van der Waals surface area contributed by atoms with Crippen LogP contribution in [0.25, 0.3) is 10.2 Å². The van der Waals surface area contributed by atoms with Gasteiger partial charge in [-0.2, -0.15) is 0 Å². The molecular weight excluding hydrogens is 409 g/mol. The molecule has 31 heavy (non-hydrogen) atoms. The Hall–Kier alpha value is -2.47. The second-order valence-corrected chi connectivity index (χ2v) is 9.84. The van der Waals surface area contributed by atoms with Crippen molar-refractivity contribution < 1.29 is 9.18 Å². The lowest BCUT2D eigenvalue weighted by atomic mass is 9.89. The highest BCUT2D eigenvalue weighted by atomic mass is 32.1. The number of thiazole rings is 1. The van der Waals surface area contributed by atoms with E-state index in [1.54, 1.807) is 6.07 Å². The van der Waals surface area contributed by atoms with Crippen molar-refractivity contribution in [2.24, 2.45) is 11.8 Å². The SMILES string of the molecule is O=C(C1CCCN(c2nc3c(F)cccc3s2)C1)N1CCC(Cc2ccccc2)CC1. The van der Waals surface area contributed by atoms with Gasteiger partial charge in [0.2, 0.25) is 5.91 Å². The summed E-state index contributed by atoms with van der Waals surface area (Å²) in [6, 6.07) is 15.7. The normalized spacial score (nSPS) is 20.4. The van der Waals surface area contributed by atoms with Crippen molar-refractivity contribution in [2.45, 2.75) is 32.1 Å². The van der Waals surface area contributed by atoms with E-state index in [0.29, 0.717) is 18.0 Å². The molecule has 0 spiro atoms. The minimum Gasteiger partial charge on any atom is -0.347 e. The van der Waals surface area contributed by atoms with Crippen molar-refractivity contribution in [3.05, 3.63) is 59.9 Å². The number of carbonyl (C=O) groups is 1. The second-order valence-electron chi connectivity index (χ2n) is 8.83. The maximum Gasteiger partial charge on any atom is 0.227 e. The largest absolute Gasteiger partial charge is 0.347 e. The van der Waals surface area contributed by atoms with Gasteiger partial charge in [0.25, 0.3) is 0 Å². The molecule has 0 bridgehead atoms. The first-order valence-electron chi connectivity index (χ1n) is 11.3. The van der Waals surface area contributed by atoms with Gasteiger partial charge in [-0.25, -0.2) is 9.37 Å². The van der Waals surface area contributed by atoms with Gasteiger partial charge in [-0.15, -0.1) is 0 Å². The zero-order valence-corrected chi connectivity index (χ0v) is 18.5. The molecule has 6 heteroatoms. The molecule has 4 nitrogen and oxygen atoms in total. The molecule has 1 amide bonds. The van der Waals surface area contributed by atoms with Crippen LogP contribution in [0, 0.1) is 17.7 Å². The van der Waals surface area contributed by atoms with Crippen molar-refractivity contribution in [3.63, 3.8) is 0 Å². The van der Waals surface area contributed by atoms with Crippen molar-refractivity contribution in [1.82, 2.24) is 9.88 Å². The summed E-state index contributed by atoms with van der Waals surface area (Å²) in [6.45, 7) is 3.28. The highest BCUT2D eigenvalue weighted by Crippen LogP contribution is 2.33. The minimum atomic E-state index is -0.275. The van der Waals surface area contributed by atoms with Gasteiger partial charge in [0.1, 0.15) is 11.3 Å². The van der Waals surface area contributed by atoms with Gasteiger partial charge in [0, 0.05) is 26.2 Å². The molecule has 3 aromatic rings. The van der Waals surface area contributed by atoms with Crippen LogP contribution in [0.2, 0.25) is 0 Å². The first-order chi connectivity index (χ1) is 15.2. The number of hydrogen-bond acceptors (Lipinski definition) is 4. The number of piperidine rings is 2. The molecule has 0 N–H and O–H groups in total. The molecule has 2 aromatic carbocycles. The number of fused-ring (bicyclic) bond motifs is 1. The Morgan fingerprint density at radius 2 is 1.84 bits per heavy atom. The van der Waals surface area contributed by atoms with Crippen LogP contribution in [-0.2, 0) is 11.2 Å². The fourth-order valence-electron chi connectivity index (χ4n) is 4.95. The molecule has 5 rings (SSSR count). The Balaban J connectivity index is 1.19. The van der Waals surface area contributed by atoms with E-state index >= 15 is 0 Å². The minimum absolute atomic E-state index is 0.0104. The average Bonchev–Trinajstić information content (AvgIpc) is 3.26. The number of rotatable bonds is 4. The number of hydrogen-bond donors (Lipinski definition) is 0. The molecule has 162 valence electrons. The molecule has 1 unspecified atom stereocenters. The average molecular weight is 438 g/mol. The molecule has 2 aliphatic heterocycles. The number of likely N-dealkylation sites (tertiary alicyclic amines) is 1. The van der Waals surface area contributed by atoms with Crippen LogP contribution in [0.1, 0.15) is 31.2 Å². The van der Waals surface area contributed by atoms with Crippen LogP contribution in [-0.4, -0.2) is 42.0 Å². The van der Waals surface area contributed by atoms with Crippen molar-refractivity contribution in [3.8, 4) is 0 Å². The fourth-order valence-corrected chi connectivity index (χ4v) is 5.97. The summed E-state index contributed by atoms with van der Waals surface area (Å²) in [7, 11) is 0. The molecule has 2 saturated heterocycles. The van der Waals surface area contributed by atoms with Crippen molar-refractivity contribution >= 4 is 32.6 Å². The number of carbonyl (C=O) groups excluding carboxylic acids is 1. The third-order valence-electron chi connectivity index (χ3n) is 6.69. The van der Waals surface area contributed by atoms with Gasteiger partial charge in [-0.1, -0.05) is 47.7 Å². The van der Waals surface area contributed by atoms with Gasteiger partial charge in [0.05, 0.1) is 10.6 Å². The molecular formula is C25H28FN3OS. The van der Waals surface area contributed by atoms with Crippen LogP contribution in [0.4, 0.5) is 9.52 Å². The molecule has 1 aromatic heterocycles. The third-order valence-corrected chi connectivity index (χ3v) is 7.77. The fraction of sp³-hybridized carbons (Fsp3) is 0.440. The van der Waals surface area contributed by atoms with E-state index < -0.39 is 0 Å². The number of aromatic nitrogens is 1. The van der Waals surface area contributed by atoms with Crippen molar-refractivity contribution in [1.29, 1.82) is 0 Å². The lowest BCUT2D eigenvalue weighted by Gasteiger charge is -2.38.